The summed E-state index contributed by atoms with van der Waals surface area (Å²) in [4.78, 5) is 73.2. The number of carbonyl (C=O) groups is 4. The summed E-state index contributed by atoms with van der Waals surface area (Å²) in [6, 6.07) is 0. The minimum atomic E-state index is -4.97. The van der Waals surface area contributed by atoms with Crippen molar-refractivity contribution >= 4 is 39.5 Å². The molecular formula is C85H166O17P2. The monoisotopic (exact) mass is 1520 g/mol. The number of esters is 4. The molecule has 0 aromatic carbocycles. The molecule has 0 radical (unpaired) electrons. The Morgan fingerprint density at radius 3 is 0.731 bits per heavy atom. The molecule has 104 heavy (non-hydrogen) atoms. The van der Waals surface area contributed by atoms with E-state index in [1.807, 2.05) is 0 Å². The van der Waals surface area contributed by atoms with Crippen LogP contribution in [0.1, 0.15) is 447 Å². The second-order valence-electron chi connectivity index (χ2n) is 31.8. The molecular weight excluding hydrogens is 1350 g/mol. The fraction of sp³-hybridized carbons (Fsp3) is 0.953. The van der Waals surface area contributed by atoms with Gasteiger partial charge in [0.05, 0.1) is 26.4 Å². The molecule has 0 aliphatic heterocycles. The number of phosphoric acid groups is 2. The van der Waals surface area contributed by atoms with Crippen LogP contribution in [0.15, 0.2) is 0 Å². The van der Waals surface area contributed by atoms with Crippen LogP contribution in [-0.2, 0) is 65.4 Å². The second kappa shape index (κ2) is 75.1. The van der Waals surface area contributed by atoms with Crippen molar-refractivity contribution in [1.29, 1.82) is 0 Å². The maximum Gasteiger partial charge on any atom is 0.472 e. The van der Waals surface area contributed by atoms with Crippen LogP contribution in [0, 0.1) is 17.8 Å². The smallest absolute Gasteiger partial charge is 0.462 e. The number of phosphoric ester groups is 2. The summed E-state index contributed by atoms with van der Waals surface area (Å²) in [5.41, 5.74) is 0. The Labute approximate surface area is 638 Å². The van der Waals surface area contributed by atoms with E-state index in [0.29, 0.717) is 25.7 Å². The molecule has 618 valence electrons. The Hall–Kier alpha value is -1.94. The molecule has 0 saturated heterocycles. The van der Waals surface area contributed by atoms with Crippen LogP contribution < -0.4 is 0 Å². The quantitative estimate of drug-likeness (QED) is 0.0222. The first kappa shape index (κ1) is 102. The van der Waals surface area contributed by atoms with Gasteiger partial charge in [0.1, 0.15) is 19.3 Å². The van der Waals surface area contributed by atoms with Gasteiger partial charge in [0.2, 0.25) is 0 Å². The van der Waals surface area contributed by atoms with E-state index < -0.39 is 97.5 Å². The van der Waals surface area contributed by atoms with Gasteiger partial charge < -0.3 is 33.8 Å². The fourth-order valence-corrected chi connectivity index (χ4v) is 14.7. The third-order valence-electron chi connectivity index (χ3n) is 20.2. The van der Waals surface area contributed by atoms with Crippen molar-refractivity contribution in [3.63, 3.8) is 0 Å². The number of hydrogen-bond acceptors (Lipinski definition) is 15. The third-order valence-corrected chi connectivity index (χ3v) is 22.1. The van der Waals surface area contributed by atoms with Crippen molar-refractivity contribution in [1.82, 2.24) is 0 Å². The zero-order chi connectivity index (χ0) is 76.5. The zero-order valence-corrected chi connectivity index (χ0v) is 70.3. The van der Waals surface area contributed by atoms with E-state index >= 15 is 0 Å². The molecule has 0 spiro atoms. The Kier molecular flexibility index (Phi) is 73.7. The predicted molar refractivity (Wildman–Crippen MR) is 428 cm³/mol. The molecule has 0 saturated carbocycles. The summed E-state index contributed by atoms with van der Waals surface area (Å²) in [7, 11) is -9.93. The van der Waals surface area contributed by atoms with Crippen molar-refractivity contribution in [2.45, 2.75) is 465 Å². The number of unbranched alkanes of at least 4 members (excludes halogenated alkanes) is 50. The minimum Gasteiger partial charge on any atom is -0.462 e. The lowest BCUT2D eigenvalue weighted by Crippen LogP contribution is -2.30. The molecule has 19 heteroatoms. The SMILES string of the molecule is CCCCCCCCCCCCCCCCCCCC(=O)OC[C@H](COP(=O)(O)OC[C@@H](O)COP(=O)(O)OC[C@@H](COC(=O)CCCCCCCCCCCC(C)C)OC(=O)CCCCCCCCCCCCC(C)CC)OC(=O)CCCCCCCCCCCCCCCCCCCCC(C)C. The standard InChI is InChI=1S/C85H166O17P2/c1-8-10-11-12-13-14-15-16-17-20-24-27-30-38-45-52-59-66-82(87)95-72-80(101-84(89)68-61-54-47-39-31-28-25-22-19-18-21-23-26-29-35-42-49-56-63-76(3)4)74-99-103(91,92)97-70-79(86)71-98-104(93,94)100-75-81(73-96-83(88)67-60-53-46-41-34-36-43-50-57-64-77(5)6)102-85(90)69-62-55-48-40-33-32-37-44-51-58-65-78(7)9-2/h76-81,86H,8-75H2,1-7H3,(H,91,92)(H,93,94)/t78?,79-,80-,81-/m1/s1. The Morgan fingerprint density at radius 1 is 0.279 bits per heavy atom. The van der Waals surface area contributed by atoms with Gasteiger partial charge in [0.25, 0.3) is 0 Å². The van der Waals surface area contributed by atoms with Crippen molar-refractivity contribution < 1.29 is 80.2 Å². The summed E-state index contributed by atoms with van der Waals surface area (Å²) in [5, 5.41) is 10.7. The first-order chi connectivity index (χ1) is 50.3. The lowest BCUT2D eigenvalue weighted by molar-refractivity contribution is -0.161. The second-order valence-corrected chi connectivity index (χ2v) is 34.7. The van der Waals surface area contributed by atoms with Crippen molar-refractivity contribution in [2.75, 3.05) is 39.6 Å². The number of hydrogen-bond donors (Lipinski definition) is 3. The van der Waals surface area contributed by atoms with E-state index in [1.54, 1.807) is 0 Å². The fourth-order valence-electron chi connectivity index (χ4n) is 13.2. The highest BCUT2D eigenvalue weighted by Gasteiger charge is 2.30. The van der Waals surface area contributed by atoms with Gasteiger partial charge in [0, 0.05) is 25.7 Å². The molecule has 17 nitrogen and oxygen atoms in total. The van der Waals surface area contributed by atoms with Crippen LogP contribution >= 0.6 is 15.6 Å². The summed E-state index contributed by atoms with van der Waals surface area (Å²) in [6.07, 6.45) is 65.2. The maximum atomic E-state index is 13.1. The first-order valence-corrected chi connectivity index (χ1v) is 46.9. The molecule has 0 aromatic rings. The predicted octanol–water partition coefficient (Wildman–Crippen LogP) is 25.7. The molecule has 0 aromatic heterocycles. The number of rotatable bonds is 83. The molecule has 0 aliphatic rings. The summed E-state index contributed by atoms with van der Waals surface area (Å²) < 4.78 is 68.9. The zero-order valence-electron chi connectivity index (χ0n) is 68.5. The Bertz CT molecular complexity index is 2010. The van der Waals surface area contributed by atoms with E-state index in [4.69, 9.17) is 37.0 Å². The number of aliphatic hydroxyl groups is 1. The van der Waals surface area contributed by atoms with Crippen LogP contribution in [-0.4, -0.2) is 96.7 Å². The Morgan fingerprint density at radius 2 is 0.490 bits per heavy atom. The molecule has 0 aliphatic carbocycles. The average molecular weight is 1520 g/mol. The molecule has 0 bridgehead atoms. The first-order valence-electron chi connectivity index (χ1n) is 43.9. The van der Waals surface area contributed by atoms with Crippen LogP contribution in [0.2, 0.25) is 0 Å². The topological polar surface area (TPSA) is 237 Å². The van der Waals surface area contributed by atoms with Crippen LogP contribution in [0.4, 0.5) is 0 Å². The van der Waals surface area contributed by atoms with Crippen LogP contribution in [0.25, 0.3) is 0 Å². The largest absolute Gasteiger partial charge is 0.472 e. The third kappa shape index (κ3) is 76.8. The highest BCUT2D eigenvalue weighted by atomic mass is 31.2. The lowest BCUT2D eigenvalue weighted by Gasteiger charge is -2.21. The number of ether oxygens (including phenoxy) is 4. The van der Waals surface area contributed by atoms with Gasteiger partial charge in [-0.15, -0.1) is 0 Å². The summed E-state index contributed by atoms with van der Waals surface area (Å²) >= 11 is 0. The van der Waals surface area contributed by atoms with Gasteiger partial charge in [0.15, 0.2) is 12.2 Å². The number of carbonyl (C=O) groups excluding carboxylic acids is 4. The maximum absolute atomic E-state index is 13.1. The molecule has 0 fully saturated rings. The van der Waals surface area contributed by atoms with Crippen LogP contribution in [0.5, 0.6) is 0 Å². The average Bonchev–Trinajstić information content (AvgIpc) is 0.910. The van der Waals surface area contributed by atoms with Gasteiger partial charge >= 0.3 is 39.5 Å². The van der Waals surface area contributed by atoms with Gasteiger partial charge in [-0.2, -0.15) is 0 Å². The molecule has 3 N–H and O–H groups in total. The van der Waals surface area contributed by atoms with Crippen molar-refractivity contribution in [2.24, 2.45) is 17.8 Å². The summed E-state index contributed by atoms with van der Waals surface area (Å²) in [5.74, 6) is 0.261. The van der Waals surface area contributed by atoms with Crippen molar-refractivity contribution in [3.05, 3.63) is 0 Å². The minimum absolute atomic E-state index is 0.106. The van der Waals surface area contributed by atoms with E-state index in [0.717, 1.165) is 108 Å². The molecule has 0 amide bonds. The van der Waals surface area contributed by atoms with Crippen LogP contribution in [0.3, 0.4) is 0 Å². The summed E-state index contributed by atoms with van der Waals surface area (Å²) in [6.45, 7) is 12.0. The number of aliphatic hydroxyl groups excluding tert-OH is 1. The molecule has 0 rings (SSSR count). The van der Waals surface area contributed by atoms with Crippen molar-refractivity contribution in [3.8, 4) is 0 Å². The highest BCUT2D eigenvalue weighted by Crippen LogP contribution is 2.45. The normalized spacial score (nSPS) is 14.2. The Balaban J connectivity index is 5.25. The van der Waals surface area contributed by atoms with Gasteiger partial charge in [-0.25, -0.2) is 9.13 Å². The van der Waals surface area contributed by atoms with E-state index in [-0.39, 0.29) is 25.7 Å². The van der Waals surface area contributed by atoms with E-state index in [1.165, 1.54) is 257 Å². The van der Waals surface area contributed by atoms with Gasteiger partial charge in [-0.3, -0.25) is 37.3 Å². The molecule has 0 heterocycles. The highest BCUT2D eigenvalue weighted by molar-refractivity contribution is 7.47. The van der Waals surface area contributed by atoms with Gasteiger partial charge in [-0.05, 0) is 43.4 Å². The van der Waals surface area contributed by atoms with E-state index in [9.17, 15) is 43.2 Å². The lowest BCUT2D eigenvalue weighted by atomic mass is 9.99. The van der Waals surface area contributed by atoms with Gasteiger partial charge in [-0.1, -0.05) is 395 Å². The molecule has 3 unspecified atom stereocenters. The van der Waals surface area contributed by atoms with E-state index in [2.05, 4.69) is 48.5 Å². The molecule has 6 atom stereocenters.